The van der Waals surface area contributed by atoms with E-state index in [1.807, 2.05) is 61.3 Å². The number of nitrogens with one attached hydrogen (secondary N) is 2. The number of carbonyl (C=O) groups is 6. The Morgan fingerprint density at radius 2 is 1.63 bits per heavy atom. The molecule has 6 amide bonds. The number of hydrogen-bond acceptors (Lipinski definition) is 8. The van der Waals surface area contributed by atoms with Gasteiger partial charge in [0, 0.05) is 38.7 Å². The van der Waals surface area contributed by atoms with Crippen LogP contribution >= 0.6 is 11.8 Å². The molecular weight excluding hydrogens is 713 g/mol. The summed E-state index contributed by atoms with van der Waals surface area (Å²) in [5, 5.41) is 15.9. The minimum Gasteiger partial charge on any atom is -0.508 e. The third-order valence-electron chi connectivity index (χ3n) is 9.42. The molecular formula is C38H53N8O7S+. The summed E-state index contributed by atoms with van der Waals surface area (Å²) in [4.78, 5) is 83.7. The predicted octanol–water partition coefficient (Wildman–Crippen LogP) is 0.986. The van der Waals surface area contributed by atoms with Crippen LogP contribution < -0.4 is 20.9 Å². The molecule has 16 heteroatoms. The number of nitrogens with two attached hydrogens (primary N) is 1. The molecule has 1 saturated heterocycles. The number of para-hydroxylation sites is 2. The molecule has 2 aromatic carbocycles. The Morgan fingerprint density at radius 3 is 2.26 bits per heavy atom. The van der Waals surface area contributed by atoms with Gasteiger partial charge in [-0.25, -0.2) is 9.13 Å². The van der Waals surface area contributed by atoms with Crippen LogP contribution in [0.25, 0.3) is 11.0 Å². The maximum absolute atomic E-state index is 14.0. The first-order valence-corrected chi connectivity index (χ1v) is 19.3. The van der Waals surface area contributed by atoms with Crippen LogP contribution in [-0.2, 0) is 49.3 Å². The summed E-state index contributed by atoms with van der Waals surface area (Å²) in [6.45, 7) is 5.27. The lowest BCUT2D eigenvalue weighted by molar-refractivity contribution is -0.685. The highest BCUT2D eigenvalue weighted by atomic mass is 32.2. The molecule has 15 nitrogen and oxygen atoms in total. The molecule has 1 fully saturated rings. The summed E-state index contributed by atoms with van der Waals surface area (Å²) in [5.41, 5.74) is 8.45. The number of imidazole rings is 1. The standard InChI is InChI=1S/C38H52N8O7S/c1-6-18-44(22-33(49)41-29(35(39)51)24-54-38-42(4)30-11-8-9-12-31(30)43(38)5)37(53)32-13-10-20-46(32)34(50)23-45(19-7-2)36(52)28(40-25(3)47)21-26-14-16-27(48)17-15-26/h8-9,11-12,14-17,28-29,32H,6-7,10,13,18-24H2,1-5H3,(H4-,39,40,41,47,48,49,51)/p+1/t28-,29-,32-/m0/s1. The zero-order valence-electron chi connectivity index (χ0n) is 31.7. The van der Waals surface area contributed by atoms with Crippen molar-refractivity contribution < 1.29 is 38.4 Å². The number of fused-ring (bicyclic) bond motifs is 1. The van der Waals surface area contributed by atoms with Gasteiger partial charge in [0.15, 0.2) is 11.0 Å². The van der Waals surface area contributed by atoms with Crippen molar-refractivity contribution in [3.05, 3.63) is 54.1 Å². The quantitative estimate of drug-likeness (QED) is 0.109. The van der Waals surface area contributed by atoms with Crippen LogP contribution in [-0.4, -0.2) is 116 Å². The highest BCUT2D eigenvalue weighted by molar-refractivity contribution is 7.99. The summed E-state index contributed by atoms with van der Waals surface area (Å²) in [6, 6.07) is 11.4. The molecule has 0 spiro atoms. The number of primary amides is 1. The lowest BCUT2D eigenvalue weighted by Gasteiger charge is -2.32. The smallest absolute Gasteiger partial charge is 0.318 e. The summed E-state index contributed by atoms with van der Waals surface area (Å²) < 4.78 is 4.01. The topological polar surface area (TPSA) is 191 Å². The van der Waals surface area contributed by atoms with Crippen LogP contribution in [0.3, 0.4) is 0 Å². The van der Waals surface area contributed by atoms with Crippen LogP contribution in [0.15, 0.2) is 53.7 Å². The van der Waals surface area contributed by atoms with Gasteiger partial charge < -0.3 is 36.2 Å². The van der Waals surface area contributed by atoms with Crippen molar-refractivity contribution in [2.75, 3.05) is 38.5 Å². The SMILES string of the molecule is CCCN(CC(=O)N1CCC[C@H]1C(=O)N(CCC)CC(=O)N[C@@H](CSc1n(C)c2ccccc2[n+]1C)C(N)=O)C(=O)[C@H](Cc1ccc(O)cc1)NC(C)=O. The van der Waals surface area contributed by atoms with E-state index in [4.69, 9.17) is 5.73 Å². The van der Waals surface area contributed by atoms with Gasteiger partial charge in [-0.05, 0) is 67.3 Å². The van der Waals surface area contributed by atoms with Crippen molar-refractivity contribution in [3.8, 4) is 5.75 Å². The maximum Gasteiger partial charge on any atom is 0.318 e. The van der Waals surface area contributed by atoms with E-state index in [0.29, 0.717) is 37.8 Å². The van der Waals surface area contributed by atoms with E-state index in [1.54, 1.807) is 12.1 Å². The lowest BCUT2D eigenvalue weighted by atomic mass is 10.0. The molecule has 1 aliphatic rings. The average molecular weight is 766 g/mol. The van der Waals surface area contributed by atoms with Gasteiger partial charge in [-0.1, -0.05) is 38.1 Å². The maximum atomic E-state index is 14.0. The number of aromatic nitrogens is 2. The molecule has 0 saturated carbocycles. The Labute approximate surface area is 320 Å². The van der Waals surface area contributed by atoms with E-state index in [-0.39, 0.29) is 50.0 Å². The molecule has 0 unspecified atom stereocenters. The van der Waals surface area contributed by atoms with E-state index < -0.39 is 47.7 Å². The molecule has 0 radical (unpaired) electrons. The first kappa shape index (κ1) is 41.6. The van der Waals surface area contributed by atoms with E-state index in [1.165, 1.54) is 45.5 Å². The highest BCUT2D eigenvalue weighted by Crippen LogP contribution is 2.23. The fourth-order valence-electron chi connectivity index (χ4n) is 6.82. The second kappa shape index (κ2) is 19.3. The number of aryl methyl sites for hydroxylation is 2. The third kappa shape index (κ3) is 10.5. The van der Waals surface area contributed by atoms with Crippen LogP contribution in [0, 0.1) is 0 Å². The number of phenolic OH excluding ortho intramolecular Hbond substituents is 1. The summed E-state index contributed by atoms with van der Waals surface area (Å²) >= 11 is 1.38. The number of benzene rings is 2. The summed E-state index contributed by atoms with van der Waals surface area (Å²) in [7, 11) is 3.85. The minimum absolute atomic E-state index is 0.0724. The molecule has 2 heterocycles. The van der Waals surface area contributed by atoms with Crippen molar-refractivity contribution in [2.45, 2.75) is 76.2 Å². The average Bonchev–Trinajstić information content (AvgIpc) is 3.72. The normalized spacial score (nSPS) is 15.1. The van der Waals surface area contributed by atoms with Gasteiger partial charge in [0.1, 0.15) is 23.9 Å². The Balaban J connectivity index is 1.41. The Hall–Kier alpha value is -5.12. The molecule has 3 aromatic rings. The van der Waals surface area contributed by atoms with Crippen molar-refractivity contribution in [1.29, 1.82) is 0 Å². The number of rotatable bonds is 18. The summed E-state index contributed by atoms with van der Waals surface area (Å²) in [5.74, 6) is -2.63. The molecule has 5 N–H and O–H groups in total. The number of nitrogens with zero attached hydrogens (tertiary/aromatic N) is 5. The number of likely N-dealkylation sites (tertiary alicyclic amines) is 1. The van der Waals surface area contributed by atoms with E-state index in [2.05, 4.69) is 10.6 Å². The number of thioether (sulfide) groups is 1. The predicted molar refractivity (Wildman–Crippen MR) is 204 cm³/mol. The largest absolute Gasteiger partial charge is 0.508 e. The van der Waals surface area contributed by atoms with E-state index in [9.17, 15) is 33.9 Å². The van der Waals surface area contributed by atoms with Gasteiger partial charge >= 0.3 is 5.16 Å². The van der Waals surface area contributed by atoms with Crippen molar-refractivity contribution >= 4 is 58.2 Å². The number of aromatic hydroxyl groups is 1. The number of hydrogen-bond donors (Lipinski definition) is 4. The van der Waals surface area contributed by atoms with E-state index in [0.717, 1.165) is 16.2 Å². The van der Waals surface area contributed by atoms with Crippen molar-refractivity contribution in [2.24, 2.45) is 19.8 Å². The second-order valence-corrected chi connectivity index (χ2v) is 14.6. The first-order chi connectivity index (χ1) is 25.7. The monoisotopic (exact) mass is 765 g/mol. The van der Waals surface area contributed by atoms with Gasteiger partial charge in [-0.3, -0.25) is 28.8 Å². The van der Waals surface area contributed by atoms with Crippen molar-refractivity contribution in [1.82, 2.24) is 29.9 Å². The molecule has 1 aromatic heterocycles. The third-order valence-corrected chi connectivity index (χ3v) is 10.7. The number of amides is 6. The van der Waals surface area contributed by atoms with Crippen LogP contribution in [0.2, 0.25) is 0 Å². The molecule has 0 aliphatic carbocycles. The fraction of sp³-hybridized carbons (Fsp3) is 0.500. The molecule has 3 atom stereocenters. The molecule has 54 heavy (non-hydrogen) atoms. The van der Waals surface area contributed by atoms with Gasteiger partial charge in [-0.15, -0.1) is 0 Å². The molecule has 1 aliphatic heterocycles. The fourth-order valence-corrected chi connectivity index (χ4v) is 7.96. The zero-order chi connectivity index (χ0) is 39.5. The van der Waals surface area contributed by atoms with Gasteiger partial charge in [0.05, 0.1) is 27.2 Å². The van der Waals surface area contributed by atoms with Crippen LogP contribution in [0.5, 0.6) is 5.75 Å². The van der Waals surface area contributed by atoms with Crippen LogP contribution in [0.1, 0.15) is 52.0 Å². The van der Waals surface area contributed by atoms with Gasteiger partial charge in [0.25, 0.3) is 0 Å². The number of phenols is 1. The highest BCUT2D eigenvalue weighted by Gasteiger charge is 2.38. The van der Waals surface area contributed by atoms with E-state index >= 15 is 0 Å². The van der Waals surface area contributed by atoms with Crippen molar-refractivity contribution in [3.63, 3.8) is 0 Å². The zero-order valence-corrected chi connectivity index (χ0v) is 32.6. The summed E-state index contributed by atoms with van der Waals surface area (Å²) in [6.07, 6.45) is 2.22. The Bertz CT molecular complexity index is 1790. The van der Waals surface area contributed by atoms with Gasteiger partial charge in [0.2, 0.25) is 35.4 Å². The molecule has 0 bridgehead atoms. The Morgan fingerprint density at radius 1 is 0.963 bits per heavy atom. The first-order valence-electron chi connectivity index (χ1n) is 18.3. The molecule has 4 rings (SSSR count). The lowest BCUT2D eigenvalue weighted by Crippen LogP contribution is -2.55. The van der Waals surface area contributed by atoms with Gasteiger partial charge in [-0.2, -0.15) is 0 Å². The molecule has 292 valence electrons. The minimum atomic E-state index is -0.999. The van der Waals surface area contributed by atoms with Crippen LogP contribution in [0.4, 0.5) is 0 Å². The number of carbonyl (C=O) groups excluding carboxylic acids is 6. The Kier molecular flexibility index (Phi) is 14.9. The second-order valence-electron chi connectivity index (χ2n) is 13.6.